The number of aryl methyl sites for hydroxylation is 2. The molecule has 0 radical (unpaired) electrons. The van der Waals surface area contributed by atoms with E-state index < -0.39 is 5.91 Å². The largest absolute Gasteiger partial charge is 0.347 e. The fourth-order valence-corrected chi connectivity index (χ4v) is 2.32. The van der Waals surface area contributed by atoms with E-state index in [2.05, 4.69) is 15.8 Å². The summed E-state index contributed by atoms with van der Waals surface area (Å²) in [7, 11) is 1.76. The highest BCUT2D eigenvalue weighted by atomic mass is 16.2. The molecule has 0 saturated carbocycles. The van der Waals surface area contributed by atoms with Gasteiger partial charge < -0.3 is 4.57 Å². The molecule has 0 aromatic carbocycles. The van der Waals surface area contributed by atoms with Crippen LogP contribution in [0.5, 0.6) is 0 Å². The molecule has 0 bridgehead atoms. The van der Waals surface area contributed by atoms with Crippen molar-refractivity contribution >= 4 is 17.5 Å². The summed E-state index contributed by atoms with van der Waals surface area (Å²) in [5.41, 5.74) is 6.95. The highest BCUT2D eigenvalue weighted by Crippen LogP contribution is 2.11. The van der Waals surface area contributed by atoms with Crippen molar-refractivity contribution in [2.45, 2.75) is 6.92 Å². The van der Waals surface area contributed by atoms with Gasteiger partial charge in [-0.05, 0) is 31.2 Å². The van der Waals surface area contributed by atoms with Crippen molar-refractivity contribution in [3.05, 3.63) is 59.8 Å². The maximum Gasteiger partial charge on any atom is 0.288 e. The molecule has 3 rings (SSSR count). The minimum Gasteiger partial charge on any atom is -0.347 e. The summed E-state index contributed by atoms with van der Waals surface area (Å²) in [6, 6.07) is 8.90. The van der Waals surface area contributed by atoms with Gasteiger partial charge in [0.25, 0.3) is 11.8 Å². The number of carbonyl (C=O) groups excluding carboxylic acids is 2. The lowest BCUT2D eigenvalue weighted by Gasteiger charge is -2.08. The van der Waals surface area contributed by atoms with Crippen LogP contribution in [0.4, 0.5) is 0 Å². The Morgan fingerprint density at radius 2 is 1.82 bits per heavy atom. The van der Waals surface area contributed by atoms with Crippen LogP contribution in [0, 0.1) is 6.92 Å². The molecule has 0 saturated heterocycles. The number of fused-ring (bicyclic) bond motifs is 1. The van der Waals surface area contributed by atoms with Gasteiger partial charge in [-0.2, -0.15) is 0 Å². The van der Waals surface area contributed by atoms with Gasteiger partial charge in [-0.15, -0.1) is 0 Å². The van der Waals surface area contributed by atoms with Gasteiger partial charge in [0, 0.05) is 19.4 Å². The van der Waals surface area contributed by atoms with Crippen molar-refractivity contribution < 1.29 is 9.59 Å². The zero-order valence-corrected chi connectivity index (χ0v) is 12.2. The van der Waals surface area contributed by atoms with Gasteiger partial charge in [-0.3, -0.25) is 24.8 Å². The molecule has 2 N–H and O–H groups in total. The lowest BCUT2D eigenvalue weighted by atomic mass is 10.3. The molecule has 2 amide bonds. The standard InChI is InChI=1S/C15H15N5O2/c1-10-13(20-9-4-3-7-12(20)16-10)15(22)18-17-14(21)11-6-5-8-19(11)2/h3-9H,1-2H3,(H,17,21)(H,18,22). The molecule has 3 heterocycles. The molecule has 22 heavy (non-hydrogen) atoms. The van der Waals surface area contributed by atoms with Crippen LogP contribution in [0.25, 0.3) is 5.65 Å². The van der Waals surface area contributed by atoms with Gasteiger partial charge in [0.2, 0.25) is 0 Å². The molecule has 112 valence electrons. The maximum atomic E-state index is 12.3. The van der Waals surface area contributed by atoms with Crippen molar-refractivity contribution in [2.24, 2.45) is 7.05 Å². The Kier molecular flexibility index (Phi) is 3.38. The third kappa shape index (κ3) is 2.32. The normalized spacial score (nSPS) is 10.6. The van der Waals surface area contributed by atoms with Crippen molar-refractivity contribution in [1.82, 2.24) is 24.8 Å². The first-order chi connectivity index (χ1) is 10.6. The van der Waals surface area contributed by atoms with E-state index >= 15 is 0 Å². The number of hydrogen-bond acceptors (Lipinski definition) is 3. The van der Waals surface area contributed by atoms with Gasteiger partial charge in [0.1, 0.15) is 17.0 Å². The van der Waals surface area contributed by atoms with Crippen molar-refractivity contribution in [3.63, 3.8) is 0 Å². The first-order valence-corrected chi connectivity index (χ1v) is 6.73. The third-order valence-corrected chi connectivity index (χ3v) is 3.39. The van der Waals surface area contributed by atoms with Crippen LogP contribution >= 0.6 is 0 Å². The van der Waals surface area contributed by atoms with E-state index in [4.69, 9.17) is 0 Å². The summed E-state index contributed by atoms with van der Waals surface area (Å²) in [4.78, 5) is 28.6. The number of nitrogens with zero attached hydrogens (tertiary/aromatic N) is 3. The van der Waals surface area contributed by atoms with Crippen LogP contribution in [0.1, 0.15) is 26.7 Å². The number of pyridine rings is 1. The molecule has 0 spiro atoms. The third-order valence-electron chi connectivity index (χ3n) is 3.39. The van der Waals surface area contributed by atoms with Crippen LogP contribution in [0.3, 0.4) is 0 Å². The monoisotopic (exact) mass is 297 g/mol. The zero-order valence-electron chi connectivity index (χ0n) is 12.2. The number of imidazole rings is 1. The van der Waals surface area contributed by atoms with Crippen LogP contribution in [0.15, 0.2) is 42.7 Å². The maximum absolute atomic E-state index is 12.3. The van der Waals surface area contributed by atoms with E-state index in [0.29, 0.717) is 22.7 Å². The Morgan fingerprint density at radius 3 is 2.55 bits per heavy atom. The Balaban J connectivity index is 1.78. The van der Waals surface area contributed by atoms with Crippen molar-refractivity contribution in [3.8, 4) is 0 Å². The molecule has 0 aliphatic carbocycles. The van der Waals surface area contributed by atoms with Crippen LogP contribution in [0.2, 0.25) is 0 Å². The fourth-order valence-electron chi connectivity index (χ4n) is 2.32. The Hall–Kier alpha value is -3.09. The predicted molar refractivity (Wildman–Crippen MR) is 80.3 cm³/mol. The van der Waals surface area contributed by atoms with Crippen LogP contribution in [-0.2, 0) is 7.05 Å². The van der Waals surface area contributed by atoms with E-state index in [1.54, 1.807) is 47.5 Å². The fraction of sp³-hybridized carbons (Fsp3) is 0.133. The Labute approximate surface area is 126 Å². The molecule has 0 aliphatic heterocycles. The average Bonchev–Trinajstić information content (AvgIpc) is 3.06. The first kappa shape index (κ1) is 13.9. The van der Waals surface area contributed by atoms with E-state index in [1.807, 2.05) is 18.2 Å². The van der Waals surface area contributed by atoms with Gasteiger partial charge in [0.15, 0.2) is 0 Å². The summed E-state index contributed by atoms with van der Waals surface area (Å²) in [6.07, 6.45) is 3.51. The molecule has 0 fully saturated rings. The lowest BCUT2D eigenvalue weighted by Crippen LogP contribution is -2.42. The van der Waals surface area contributed by atoms with Crippen LogP contribution < -0.4 is 10.9 Å². The molecule has 0 unspecified atom stereocenters. The molecule has 3 aromatic rings. The van der Waals surface area contributed by atoms with Gasteiger partial charge in [-0.25, -0.2) is 4.98 Å². The molecular weight excluding hydrogens is 282 g/mol. The molecule has 0 atom stereocenters. The quantitative estimate of drug-likeness (QED) is 0.694. The second-order valence-corrected chi connectivity index (χ2v) is 4.89. The zero-order chi connectivity index (χ0) is 15.7. The molecular formula is C15H15N5O2. The minimum absolute atomic E-state index is 0.382. The number of aromatic nitrogens is 3. The van der Waals surface area contributed by atoms with E-state index in [1.165, 1.54) is 0 Å². The summed E-state index contributed by atoms with van der Waals surface area (Å²) in [5, 5.41) is 0. The van der Waals surface area contributed by atoms with Gasteiger partial charge in [0.05, 0.1) is 5.69 Å². The highest BCUT2D eigenvalue weighted by molar-refractivity contribution is 5.98. The Bertz CT molecular complexity index is 862. The smallest absolute Gasteiger partial charge is 0.288 e. The highest BCUT2D eigenvalue weighted by Gasteiger charge is 2.17. The second-order valence-electron chi connectivity index (χ2n) is 4.89. The number of hydrogen-bond donors (Lipinski definition) is 2. The lowest BCUT2D eigenvalue weighted by molar-refractivity contribution is 0.0838. The summed E-state index contributed by atoms with van der Waals surface area (Å²) < 4.78 is 3.35. The molecule has 7 heteroatoms. The summed E-state index contributed by atoms with van der Waals surface area (Å²) >= 11 is 0. The predicted octanol–water partition coefficient (Wildman–Crippen LogP) is 1.06. The van der Waals surface area contributed by atoms with Gasteiger partial charge in [-0.1, -0.05) is 6.07 Å². The number of hydrazine groups is 1. The van der Waals surface area contributed by atoms with E-state index in [-0.39, 0.29) is 5.91 Å². The molecule has 3 aromatic heterocycles. The SMILES string of the molecule is Cc1nc2ccccn2c1C(=O)NNC(=O)c1cccn1C. The summed E-state index contributed by atoms with van der Waals surface area (Å²) in [5.74, 6) is -0.800. The molecule has 0 aliphatic rings. The van der Waals surface area contributed by atoms with Crippen molar-refractivity contribution in [1.29, 1.82) is 0 Å². The Morgan fingerprint density at radius 1 is 1.05 bits per heavy atom. The molecule has 7 nitrogen and oxygen atoms in total. The van der Waals surface area contributed by atoms with E-state index in [9.17, 15) is 9.59 Å². The number of nitrogens with one attached hydrogen (secondary N) is 2. The minimum atomic E-state index is -0.418. The average molecular weight is 297 g/mol. The number of rotatable bonds is 2. The van der Waals surface area contributed by atoms with Crippen LogP contribution in [-0.4, -0.2) is 25.8 Å². The van der Waals surface area contributed by atoms with E-state index in [0.717, 1.165) is 0 Å². The van der Waals surface area contributed by atoms with Gasteiger partial charge >= 0.3 is 0 Å². The second kappa shape index (κ2) is 5.36. The summed E-state index contributed by atoms with van der Waals surface area (Å²) in [6.45, 7) is 1.75. The first-order valence-electron chi connectivity index (χ1n) is 6.73. The van der Waals surface area contributed by atoms with Crippen molar-refractivity contribution in [2.75, 3.05) is 0 Å². The number of carbonyl (C=O) groups is 2. The topological polar surface area (TPSA) is 80.4 Å². The number of amides is 2.